The van der Waals surface area contributed by atoms with Gasteiger partial charge in [0.15, 0.2) is 5.11 Å². The number of carbonyl (C=O) groups excluding carboxylic acids is 1. The van der Waals surface area contributed by atoms with Crippen LogP contribution in [-0.2, 0) is 14.8 Å². The molecular formula is C19H20N4O5S2. The Hall–Kier alpha value is -3.15. The highest BCUT2D eigenvalue weighted by molar-refractivity contribution is 7.89. The van der Waals surface area contributed by atoms with Crippen LogP contribution in [0.15, 0.2) is 59.5 Å². The van der Waals surface area contributed by atoms with Crippen molar-refractivity contribution in [3.63, 3.8) is 0 Å². The van der Waals surface area contributed by atoms with Gasteiger partial charge in [-0.15, -0.1) is 0 Å². The monoisotopic (exact) mass is 448 g/mol. The van der Waals surface area contributed by atoms with E-state index in [-0.39, 0.29) is 21.7 Å². The largest absolute Gasteiger partial charge is 0.332 e. The van der Waals surface area contributed by atoms with E-state index in [1.807, 2.05) is 0 Å². The molecule has 1 amide bonds. The van der Waals surface area contributed by atoms with E-state index in [9.17, 15) is 23.3 Å². The molecule has 3 N–H and O–H groups in total. The van der Waals surface area contributed by atoms with E-state index >= 15 is 0 Å². The lowest BCUT2D eigenvalue weighted by Crippen LogP contribution is -2.33. The van der Waals surface area contributed by atoms with Crippen molar-refractivity contribution in [2.75, 3.05) is 5.32 Å². The maximum Gasteiger partial charge on any atom is 0.270 e. The van der Waals surface area contributed by atoms with E-state index in [1.165, 1.54) is 54.6 Å². The highest BCUT2D eigenvalue weighted by Gasteiger charge is 2.15. The Morgan fingerprint density at radius 3 is 2.43 bits per heavy atom. The van der Waals surface area contributed by atoms with E-state index in [4.69, 9.17) is 12.2 Å². The third-order valence-corrected chi connectivity index (χ3v) is 5.44. The second kappa shape index (κ2) is 10.1. The van der Waals surface area contributed by atoms with Gasteiger partial charge in [0.25, 0.3) is 5.69 Å². The molecule has 0 bridgehead atoms. The quantitative estimate of drug-likeness (QED) is 0.257. The highest BCUT2D eigenvalue weighted by Crippen LogP contribution is 2.15. The van der Waals surface area contributed by atoms with Crippen molar-refractivity contribution in [1.29, 1.82) is 0 Å². The number of benzene rings is 2. The number of nitrogens with zero attached hydrogens (tertiary/aromatic N) is 1. The topological polar surface area (TPSA) is 130 Å². The number of carbonyl (C=O) groups is 1. The predicted molar refractivity (Wildman–Crippen MR) is 118 cm³/mol. The Bertz CT molecular complexity index is 1080. The van der Waals surface area contributed by atoms with Crippen LogP contribution in [0.4, 0.5) is 11.4 Å². The molecule has 0 heterocycles. The number of nitro groups is 1. The number of sulfonamides is 1. The number of anilines is 1. The van der Waals surface area contributed by atoms with Crippen molar-refractivity contribution in [3.05, 3.63) is 70.3 Å². The molecule has 9 nitrogen and oxygen atoms in total. The summed E-state index contributed by atoms with van der Waals surface area (Å²) in [6.07, 6.45) is 2.62. The molecule has 0 aliphatic rings. The summed E-state index contributed by atoms with van der Waals surface area (Å²) < 4.78 is 26.7. The molecule has 0 saturated heterocycles. The number of nitrogens with one attached hydrogen (secondary N) is 3. The molecule has 2 aromatic carbocycles. The Labute approximate surface area is 179 Å². The fraction of sp³-hybridized carbons (Fsp3) is 0.158. The average Bonchev–Trinajstić information content (AvgIpc) is 2.66. The Morgan fingerprint density at radius 2 is 1.83 bits per heavy atom. The number of rotatable bonds is 7. The van der Waals surface area contributed by atoms with Gasteiger partial charge in [0, 0.05) is 29.9 Å². The molecule has 0 saturated carbocycles. The van der Waals surface area contributed by atoms with Gasteiger partial charge in [0.05, 0.1) is 9.82 Å². The zero-order valence-corrected chi connectivity index (χ0v) is 17.8. The molecule has 0 aliphatic carbocycles. The lowest BCUT2D eigenvalue weighted by Gasteiger charge is -2.11. The molecule has 0 aromatic heterocycles. The summed E-state index contributed by atoms with van der Waals surface area (Å²) in [6.45, 7) is 3.45. The van der Waals surface area contributed by atoms with Gasteiger partial charge in [-0.05, 0) is 62.0 Å². The molecule has 0 radical (unpaired) electrons. The van der Waals surface area contributed by atoms with Crippen molar-refractivity contribution in [3.8, 4) is 0 Å². The van der Waals surface area contributed by atoms with Crippen molar-refractivity contribution < 1.29 is 18.1 Å². The average molecular weight is 449 g/mol. The summed E-state index contributed by atoms with van der Waals surface area (Å²) in [6, 6.07) is 11.5. The molecule has 2 aromatic rings. The summed E-state index contributed by atoms with van der Waals surface area (Å²) in [5.74, 6) is -0.528. The first-order chi connectivity index (χ1) is 14.1. The summed E-state index contributed by atoms with van der Waals surface area (Å²) in [5, 5.41) is 16.0. The maximum atomic E-state index is 12.1. The number of thiocarbonyl (C=S) groups is 1. The Kier molecular flexibility index (Phi) is 7.75. The van der Waals surface area contributed by atoms with E-state index in [2.05, 4.69) is 15.4 Å². The van der Waals surface area contributed by atoms with Crippen LogP contribution in [0.25, 0.3) is 6.08 Å². The summed E-state index contributed by atoms with van der Waals surface area (Å²) >= 11 is 5.06. The van der Waals surface area contributed by atoms with E-state index in [1.54, 1.807) is 19.9 Å². The zero-order valence-electron chi connectivity index (χ0n) is 16.2. The van der Waals surface area contributed by atoms with Crippen molar-refractivity contribution in [2.45, 2.75) is 24.8 Å². The number of hydrogen-bond donors (Lipinski definition) is 3. The van der Waals surface area contributed by atoms with Gasteiger partial charge < -0.3 is 5.32 Å². The first kappa shape index (κ1) is 23.1. The van der Waals surface area contributed by atoms with Gasteiger partial charge in [-0.2, -0.15) is 0 Å². The van der Waals surface area contributed by atoms with Gasteiger partial charge in [-0.25, -0.2) is 13.1 Å². The third kappa shape index (κ3) is 7.03. The van der Waals surface area contributed by atoms with Crippen LogP contribution in [0, 0.1) is 10.1 Å². The van der Waals surface area contributed by atoms with Crippen LogP contribution in [0.5, 0.6) is 0 Å². The summed E-state index contributed by atoms with van der Waals surface area (Å²) in [7, 11) is -3.60. The number of nitro benzene ring substituents is 1. The van der Waals surface area contributed by atoms with E-state index in [0.29, 0.717) is 11.3 Å². The molecule has 0 unspecified atom stereocenters. The predicted octanol–water partition coefficient (Wildman–Crippen LogP) is 2.81. The maximum absolute atomic E-state index is 12.1. The van der Waals surface area contributed by atoms with E-state index in [0.717, 1.165) is 0 Å². The second-order valence-electron chi connectivity index (χ2n) is 6.43. The standard InChI is InChI=1S/C19H20N4O5S2/c1-13(2)22-30(27,28)17-9-7-15(8-10-17)20-19(29)21-18(24)11-6-14-4-3-5-16(12-14)23(25)26/h3-13,22H,1-2H3,(H2,20,21,24,29)/b11-6+. The van der Waals surface area contributed by atoms with Gasteiger partial charge in [0.2, 0.25) is 15.9 Å². The normalized spacial score (nSPS) is 11.4. The van der Waals surface area contributed by atoms with Crippen molar-refractivity contribution >= 4 is 50.7 Å². The van der Waals surface area contributed by atoms with Gasteiger partial charge in [0.1, 0.15) is 0 Å². The number of amides is 1. The minimum atomic E-state index is -3.60. The molecule has 2 rings (SSSR count). The molecule has 158 valence electrons. The van der Waals surface area contributed by atoms with Gasteiger partial charge >= 0.3 is 0 Å². The van der Waals surface area contributed by atoms with Crippen molar-refractivity contribution in [2.24, 2.45) is 0 Å². The van der Waals surface area contributed by atoms with Crippen LogP contribution in [0.3, 0.4) is 0 Å². The van der Waals surface area contributed by atoms with Crippen LogP contribution >= 0.6 is 12.2 Å². The van der Waals surface area contributed by atoms with Crippen molar-refractivity contribution in [1.82, 2.24) is 10.0 Å². The molecule has 30 heavy (non-hydrogen) atoms. The van der Waals surface area contributed by atoms with Crippen LogP contribution < -0.4 is 15.4 Å². The van der Waals surface area contributed by atoms with Crippen LogP contribution in [0.2, 0.25) is 0 Å². The highest BCUT2D eigenvalue weighted by atomic mass is 32.2. The molecule has 11 heteroatoms. The minimum Gasteiger partial charge on any atom is -0.332 e. The Morgan fingerprint density at radius 1 is 1.17 bits per heavy atom. The number of non-ortho nitro benzene ring substituents is 1. The number of hydrogen-bond acceptors (Lipinski definition) is 6. The molecule has 0 atom stereocenters. The lowest BCUT2D eigenvalue weighted by atomic mass is 10.2. The molecular weight excluding hydrogens is 428 g/mol. The van der Waals surface area contributed by atoms with Crippen LogP contribution in [0.1, 0.15) is 19.4 Å². The lowest BCUT2D eigenvalue weighted by molar-refractivity contribution is -0.384. The smallest absolute Gasteiger partial charge is 0.270 e. The first-order valence-electron chi connectivity index (χ1n) is 8.74. The summed E-state index contributed by atoms with van der Waals surface area (Å²) in [4.78, 5) is 22.3. The molecule has 0 spiro atoms. The van der Waals surface area contributed by atoms with Crippen LogP contribution in [-0.4, -0.2) is 30.4 Å². The van der Waals surface area contributed by atoms with Gasteiger partial charge in [-0.1, -0.05) is 12.1 Å². The van der Waals surface area contributed by atoms with Gasteiger partial charge in [-0.3, -0.25) is 20.2 Å². The summed E-state index contributed by atoms with van der Waals surface area (Å²) in [5.41, 5.74) is 0.903. The third-order valence-electron chi connectivity index (χ3n) is 3.56. The SMILES string of the molecule is CC(C)NS(=O)(=O)c1ccc(NC(=S)NC(=O)/C=C/c2cccc([N+](=O)[O-])c2)cc1. The van der Waals surface area contributed by atoms with E-state index < -0.39 is 20.9 Å². The molecule has 0 fully saturated rings. The fourth-order valence-corrected chi connectivity index (χ4v) is 3.80. The minimum absolute atomic E-state index is 0.0135. The zero-order chi connectivity index (χ0) is 22.3. The fourth-order valence-electron chi connectivity index (χ4n) is 2.33. The Balaban J connectivity index is 1.94. The second-order valence-corrected chi connectivity index (χ2v) is 8.55. The first-order valence-corrected chi connectivity index (χ1v) is 10.6. The molecule has 0 aliphatic heterocycles.